The SMILES string of the molecule is CC(=O)C1=C[C@@H](O)[C@@H](O)[C@@H](COC(=O)c2ccccc2)O1. The van der Waals surface area contributed by atoms with E-state index in [4.69, 9.17) is 9.47 Å². The molecule has 112 valence electrons. The molecule has 0 saturated heterocycles. The maximum Gasteiger partial charge on any atom is 0.338 e. The third kappa shape index (κ3) is 3.68. The topological polar surface area (TPSA) is 93.1 Å². The smallest absolute Gasteiger partial charge is 0.338 e. The highest BCUT2D eigenvalue weighted by molar-refractivity contribution is 5.91. The number of rotatable bonds is 4. The molecule has 1 aromatic rings. The van der Waals surface area contributed by atoms with E-state index in [0.717, 1.165) is 6.08 Å². The molecule has 0 aromatic heterocycles. The highest BCUT2D eigenvalue weighted by Gasteiger charge is 2.34. The molecular formula is C15H16O6. The minimum atomic E-state index is -1.27. The van der Waals surface area contributed by atoms with E-state index in [-0.39, 0.29) is 18.1 Å². The summed E-state index contributed by atoms with van der Waals surface area (Å²) in [6.07, 6.45) is -2.35. The molecule has 0 aliphatic carbocycles. The van der Waals surface area contributed by atoms with E-state index >= 15 is 0 Å². The lowest BCUT2D eigenvalue weighted by molar-refractivity contribution is -0.127. The van der Waals surface area contributed by atoms with Crippen molar-refractivity contribution in [2.45, 2.75) is 25.2 Å². The number of aliphatic hydroxyl groups excluding tert-OH is 2. The number of hydrogen-bond donors (Lipinski definition) is 2. The van der Waals surface area contributed by atoms with Gasteiger partial charge in [-0.25, -0.2) is 4.79 Å². The number of Topliss-reactive ketones (excluding diaryl/α,β-unsaturated/α-hetero) is 1. The maximum absolute atomic E-state index is 11.8. The average molecular weight is 292 g/mol. The summed E-state index contributed by atoms with van der Waals surface area (Å²) in [5, 5.41) is 19.4. The Hall–Kier alpha value is -2.18. The second-order valence-electron chi connectivity index (χ2n) is 4.69. The van der Waals surface area contributed by atoms with Gasteiger partial charge in [-0.15, -0.1) is 0 Å². The molecule has 1 aliphatic heterocycles. The molecule has 0 bridgehead atoms. The van der Waals surface area contributed by atoms with Gasteiger partial charge in [-0.1, -0.05) is 18.2 Å². The molecule has 21 heavy (non-hydrogen) atoms. The summed E-state index contributed by atoms with van der Waals surface area (Å²) < 4.78 is 10.3. The zero-order valence-corrected chi connectivity index (χ0v) is 11.4. The van der Waals surface area contributed by atoms with Gasteiger partial charge in [0.05, 0.1) is 5.56 Å². The minimum absolute atomic E-state index is 0.0476. The van der Waals surface area contributed by atoms with Crippen molar-refractivity contribution in [2.24, 2.45) is 0 Å². The van der Waals surface area contributed by atoms with Gasteiger partial charge in [-0.05, 0) is 18.2 Å². The summed E-state index contributed by atoms with van der Waals surface area (Å²) in [7, 11) is 0. The lowest BCUT2D eigenvalue weighted by atomic mass is 10.0. The maximum atomic E-state index is 11.8. The first-order valence-electron chi connectivity index (χ1n) is 6.46. The molecule has 0 amide bonds. The molecule has 6 nitrogen and oxygen atoms in total. The number of ether oxygens (including phenoxy) is 2. The molecule has 0 saturated carbocycles. The van der Waals surface area contributed by atoms with Crippen LogP contribution in [0.3, 0.4) is 0 Å². The van der Waals surface area contributed by atoms with E-state index in [1.165, 1.54) is 6.92 Å². The Morgan fingerprint density at radius 3 is 2.52 bits per heavy atom. The van der Waals surface area contributed by atoms with Crippen LogP contribution >= 0.6 is 0 Å². The van der Waals surface area contributed by atoms with Gasteiger partial charge in [0.2, 0.25) is 0 Å². The molecule has 6 heteroatoms. The fourth-order valence-electron chi connectivity index (χ4n) is 1.89. The molecular weight excluding hydrogens is 276 g/mol. The van der Waals surface area contributed by atoms with Crippen LogP contribution in [0.5, 0.6) is 0 Å². The van der Waals surface area contributed by atoms with Crippen LogP contribution in [0.25, 0.3) is 0 Å². The van der Waals surface area contributed by atoms with E-state index in [2.05, 4.69) is 0 Å². The highest BCUT2D eigenvalue weighted by Crippen LogP contribution is 2.19. The first kappa shape index (κ1) is 15.2. The fraction of sp³-hybridized carbons (Fsp3) is 0.333. The van der Waals surface area contributed by atoms with Crippen LogP contribution in [-0.4, -0.2) is 46.9 Å². The van der Waals surface area contributed by atoms with Gasteiger partial charge < -0.3 is 19.7 Å². The van der Waals surface area contributed by atoms with Crippen molar-refractivity contribution < 1.29 is 29.3 Å². The Balaban J connectivity index is 1.98. The van der Waals surface area contributed by atoms with Crippen molar-refractivity contribution in [2.75, 3.05) is 6.61 Å². The monoisotopic (exact) mass is 292 g/mol. The number of carbonyl (C=O) groups excluding carboxylic acids is 2. The summed E-state index contributed by atoms with van der Waals surface area (Å²) in [4.78, 5) is 23.0. The van der Waals surface area contributed by atoms with Crippen LogP contribution in [0.1, 0.15) is 17.3 Å². The molecule has 3 atom stereocenters. The molecule has 1 aliphatic rings. The number of benzene rings is 1. The summed E-state index contributed by atoms with van der Waals surface area (Å²) in [6.45, 7) is 1.01. The standard InChI is InChI=1S/C15H16O6/c1-9(16)12-7-11(17)14(18)13(21-12)8-20-15(19)10-5-3-2-4-6-10/h2-7,11,13-14,17-18H,8H2,1H3/t11-,13-,14-/m1/s1. The van der Waals surface area contributed by atoms with Gasteiger partial charge in [0.1, 0.15) is 18.8 Å². The Bertz CT molecular complexity index is 551. The first-order chi connectivity index (χ1) is 9.99. The molecule has 1 heterocycles. The van der Waals surface area contributed by atoms with E-state index in [1.54, 1.807) is 30.3 Å². The van der Waals surface area contributed by atoms with Crippen molar-refractivity contribution >= 4 is 11.8 Å². The molecule has 2 rings (SSSR count). The Kier molecular flexibility index (Phi) is 4.72. The van der Waals surface area contributed by atoms with E-state index in [9.17, 15) is 19.8 Å². The van der Waals surface area contributed by atoms with Gasteiger partial charge in [-0.3, -0.25) is 4.79 Å². The quantitative estimate of drug-likeness (QED) is 0.782. The van der Waals surface area contributed by atoms with Gasteiger partial charge in [0.15, 0.2) is 17.6 Å². The highest BCUT2D eigenvalue weighted by atomic mass is 16.6. The fourth-order valence-corrected chi connectivity index (χ4v) is 1.89. The Labute approximate surface area is 121 Å². The van der Waals surface area contributed by atoms with Crippen LogP contribution < -0.4 is 0 Å². The van der Waals surface area contributed by atoms with Crippen LogP contribution in [0, 0.1) is 0 Å². The van der Waals surface area contributed by atoms with Crippen molar-refractivity contribution in [3.8, 4) is 0 Å². The van der Waals surface area contributed by atoms with Crippen molar-refractivity contribution in [3.05, 3.63) is 47.7 Å². The third-order valence-corrected chi connectivity index (χ3v) is 3.07. The van der Waals surface area contributed by atoms with Gasteiger partial charge >= 0.3 is 5.97 Å². The van der Waals surface area contributed by atoms with Crippen molar-refractivity contribution in [3.63, 3.8) is 0 Å². The number of hydrogen-bond acceptors (Lipinski definition) is 6. The lowest BCUT2D eigenvalue weighted by Crippen LogP contribution is -2.45. The predicted molar refractivity (Wildman–Crippen MR) is 72.4 cm³/mol. The molecule has 0 radical (unpaired) electrons. The molecule has 0 spiro atoms. The minimum Gasteiger partial charge on any atom is -0.481 e. The van der Waals surface area contributed by atoms with E-state index in [0.29, 0.717) is 5.56 Å². The van der Waals surface area contributed by atoms with Crippen LogP contribution in [0.2, 0.25) is 0 Å². The number of esters is 1. The summed E-state index contributed by atoms with van der Waals surface area (Å²) >= 11 is 0. The lowest BCUT2D eigenvalue weighted by Gasteiger charge is -2.30. The predicted octanol–water partition coefficient (Wildman–Crippen LogP) is 0.437. The second-order valence-corrected chi connectivity index (χ2v) is 4.69. The summed E-state index contributed by atoms with van der Waals surface area (Å²) in [5.74, 6) is -0.992. The van der Waals surface area contributed by atoms with Gasteiger partial charge in [0.25, 0.3) is 0 Å². The zero-order valence-electron chi connectivity index (χ0n) is 11.4. The largest absolute Gasteiger partial charge is 0.481 e. The van der Waals surface area contributed by atoms with Gasteiger partial charge in [0, 0.05) is 6.92 Å². The van der Waals surface area contributed by atoms with Crippen molar-refractivity contribution in [1.82, 2.24) is 0 Å². The first-order valence-corrected chi connectivity index (χ1v) is 6.46. The van der Waals surface area contributed by atoms with E-state index in [1.807, 2.05) is 0 Å². The molecule has 1 aromatic carbocycles. The Morgan fingerprint density at radius 1 is 1.24 bits per heavy atom. The summed E-state index contributed by atoms with van der Waals surface area (Å²) in [6, 6.07) is 8.35. The number of ketones is 1. The zero-order chi connectivity index (χ0) is 15.4. The average Bonchev–Trinajstić information content (AvgIpc) is 2.49. The number of carbonyl (C=O) groups is 2. The molecule has 2 N–H and O–H groups in total. The van der Waals surface area contributed by atoms with Crippen molar-refractivity contribution in [1.29, 1.82) is 0 Å². The number of aliphatic hydroxyl groups is 2. The molecule has 0 unspecified atom stereocenters. The van der Waals surface area contributed by atoms with Gasteiger partial charge in [-0.2, -0.15) is 0 Å². The van der Waals surface area contributed by atoms with Crippen LogP contribution in [0.4, 0.5) is 0 Å². The van der Waals surface area contributed by atoms with E-state index < -0.39 is 24.3 Å². The Morgan fingerprint density at radius 2 is 1.90 bits per heavy atom. The number of allylic oxidation sites excluding steroid dienone is 1. The summed E-state index contributed by atoms with van der Waals surface area (Å²) in [5.41, 5.74) is 0.366. The normalized spacial score (nSPS) is 24.7. The third-order valence-electron chi connectivity index (χ3n) is 3.07. The second kappa shape index (κ2) is 6.51. The molecule has 0 fully saturated rings. The van der Waals surface area contributed by atoms with Crippen LogP contribution in [0.15, 0.2) is 42.2 Å². The van der Waals surface area contributed by atoms with Crippen LogP contribution in [-0.2, 0) is 14.3 Å².